The first-order valence-electron chi connectivity index (χ1n) is 5.83. The van der Waals surface area contributed by atoms with Crippen molar-refractivity contribution in [1.29, 1.82) is 0 Å². The fourth-order valence-corrected chi connectivity index (χ4v) is 2.18. The number of hydrogen-bond donors (Lipinski definition) is 2. The van der Waals surface area contributed by atoms with Crippen molar-refractivity contribution in [3.8, 4) is 0 Å². The van der Waals surface area contributed by atoms with Crippen LogP contribution in [0, 0.1) is 0 Å². The van der Waals surface area contributed by atoms with Gasteiger partial charge in [0.25, 0.3) is 5.91 Å². The summed E-state index contributed by atoms with van der Waals surface area (Å²) in [4.78, 5) is 11.9. The molecule has 1 aromatic rings. The zero-order valence-corrected chi connectivity index (χ0v) is 11.4. The third-order valence-electron chi connectivity index (χ3n) is 2.49. The Morgan fingerprint density at radius 2 is 2.06 bits per heavy atom. The van der Waals surface area contributed by atoms with Gasteiger partial charge in [0, 0.05) is 12.1 Å². The molecule has 1 aromatic carbocycles. The van der Waals surface area contributed by atoms with Gasteiger partial charge in [0.15, 0.2) is 0 Å². The molecule has 5 nitrogen and oxygen atoms in total. The Morgan fingerprint density at radius 1 is 1.33 bits per heavy atom. The van der Waals surface area contributed by atoms with Crippen LogP contribution in [0.1, 0.15) is 30.1 Å². The summed E-state index contributed by atoms with van der Waals surface area (Å²) in [7, 11) is -2.17. The molecule has 6 heteroatoms. The summed E-state index contributed by atoms with van der Waals surface area (Å²) in [6.45, 7) is 2.63. The molecule has 0 saturated carbocycles. The molecular formula is C12H18N2O3S. The van der Waals surface area contributed by atoms with Gasteiger partial charge in [-0.25, -0.2) is 13.1 Å². The van der Waals surface area contributed by atoms with Crippen LogP contribution < -0.4 is 10.0 Å². The topological polar surface area (TPSA) is 75.3 Å². The molecule has 18 heavy (non-hydrogen) atoms. The number of benzene rings is 1. The van der Waals surface area contributed by atoms with Crippen molar-refractivity contribution >= 4 is 15.9 Å². The molecule has 1 amide bonds. The molecule has 0 heterocycles. The van der Waals surface area contributed by atoms with Crippen LogP contribution in [-0.2, 0) is 10.0 Å². The average Bonchev–Trinajstić information content (AvgIpc) is 2.39. The summed E-state index contributed by atoms with van der Waals surface area (Å²) in [6.07, 6.45) is 1.90. The molecule has 0 unspecified atom stereocenters. The minimum Gasteiger partial charge on any atom is -0.352 e. The molecule has 2 N–H and O–H groups in total. The van der Waals surface area contributed by atoms with Crippen LogP contribution in [0.2, 0.25) is 0 Å². The van der Waals surface area contributed by atoms with E-state index in [1.54, 1.807) is 12.1 Å². The first kappa shape index (κ1) is 14.7. The van der Waals surface area contributed by atoms with E-state index in [-0.39, 0.29) is 10.8 Å². The highest BCUT2D eigenvalue weighted by molar-refractivity contribution is 7.89. The Hall–Kier alpha value is -1.40. The van der Waals surface area contributed by atoms with Crippen molar-refractivity contribution in [3.63, 3.8) is 0 Å². The van der Waals surface area contributed by atoms with E-state index in [2.05, 4.69) is 10.0 Å². The summed E-state index contributed by atoms with van der Waals surface area (Å²) in [5, 5.41) is 2.74. The molecule has 0 aliphatic heterocycles. The van der Waals surface area contributed by atoms with Gasteiger partial charge in [0.05, 0.1) is 4.90 Å². The minimum atomic E-state index is -3.51. The predicted molar refractivity (Wildman–Crippen MR) is 69.9 cm³/mol. The summed E-state index contributed by atoms with van der Waals surface area (Å²) in [5.74, 6) is -0.253. The highest BCUT2D eigenvalue weighted by Crippen LogP contribution is 2.11. The quantitative estimate of drug-likeness (QED) is 0.761. The lowest BCUT2D eigenvalue weighted by molar-refractivity contribution is 0.0953. The number of carbonyl (C=O) groups is 1. The van der Waals surface area contributed by atoms with Crippen LogP contribution in [0.4, 0.5) is 0 Å². The van der Waals surface area contributed by atoms with Crippen LogP contribution in [0.5, 0.6) is 0 Å². The number of unbranched alkanes of at least 4 members (excludes halogenated alkanes) is 1. The van der Waals surface area contributed by atoms with Gasteiger partial charge >= 0.3 is 0 Å². The summed E-state index contributed by atoms with van der Waals surface area (Å²) < 4.78 is 25.4. The number of carbonyl (C=O) groups excluding carboxylic acids is 1. The van der Waals surface area contributed by atoms with Crippen molar-refractivity contribution in [2.24, 2.45) is 0 Å². The summed E-state index contributed by atoms with van der Waals surface area (Å²) >= 11 is 0. The molecule has 0 saturated heterocycles. The maximum Gasteiger partial charge on any atom is 0.251 e. The summed E-state index contributed by atoms with van der Waals surface area (Å²) in [6, 6.07) is 5.97. The fraction of sp³-hybridized carbons (Fsp3) is 0.417. The standard InChI is InChI=1S/C12H18N2O3S/c1-3-4-8-14-12(15)10-6-5-7-11(9-10)18(16,17)13-2/h5-7,9,13H,3-4,8H2,1-2H3,(H,14,15). The highest BCUT2D eigenvalue weighted by Gasteiger charge is 2.13. The number of nitrogens with one attached hydrogen (secondary N) is 2. The fourth-order valence-electron chi connectivity index (χ4n) is 1.40. The van der Waals surface area contributed by atoms with E-state index in [1.807, 2.05) is 6.92 Å². The Bertz CT molecular complexity index is 512. The maximum absolute atomic E-state index is 11.8. The van der Waals surface area contributed by atoms with E-state index in [0.29, 0.717) is 12.1 Å². The van der Waals surface area contributed by atoms with E-state index < -0.39 is 10.0 Å². The minimum absolute atomic E-state index is 0.0909. The van der Waals surface area contributed by atoms with E-state index >= 15 is 0 Å². The lowest BCUT2D eigenvalue weighted by Gasteiger charge is -2.06. The number of rotatable bonds is 6. The lowest BCUT2D eigenvalue weighted by atomic mass is 10.2. The molecule has 0 spiro atoms. The molecule has 0 aliphatic carbocycles. The smallest absolute Gasteiger partial charge is 0.251 e. The van der Waals surface area contributed by atoms with Crippen molar-refractivity contribution in [3.05, 3.63) is 29.8 Å². The van der Waals surface area contributed by atoms with Crippen LogP contribution in [-0.4, -0.2) is 27.9 Å². The number of amides is 1. The van der Waals surface area contributed by atoms with Crippen molar-refractivity contribution in [1.82, 2.24) is 10.0 Å². The monoisotopic (exact) mass is 270 g/mol. The molecular weight excluding hydrogens is 252 g/mol. The highest BCUT2D eigenvalue weighted by atomic mass is 32.2. The second-order valence-electron chi connectivity index (χ2n) is 3.84. The summed E-state index contributed by atoms with van der Waals surface area (Å²) in [5.41, 5.74) is 0.349. The average molecular weight is 270 g/mol. The molecule has 0 bridgehead atoms. The van der Waals surface area contributed by atoms with Crippen LogP contribution >= 0.6 is 0 Å². The zero-order valence-electron chi connectivity index (χ0n) is 10.6. The predicted octanol–water partition coefficient (Wildman–Crippen LogP) is 1.12. The van der Waals surface area contributed by atoms with E-state index in [1.165, 1.54) is 19.2 Å². The van der Waals surface area contributed by atoms with Gasteiger partial charge in [-0.1, -0.05) is 19.4 Å². The number of hydrogen-bond acceptors (Lipinski definition) is 3. The molecule has 0 radical (unpaired) electrons. The largest absolute Gasteiger partial charge is 0.352 e. The third-order valence-corrected chi connectivity index (χ3v) is 3.90. The molecule has 0 fully saturated rings. The Morgan fingerprint density at radius 3 is 2.67 bits per heavy atom. The Kier molecular flexibility index (Phi) is 5.30. The van der Waals surface area contributed by atoms with Gasteiger partial charge in [-0.3, -0.25) is 4.79 Å². The third kappa shape index (κ3) is 3.82. The van der Waals surface area contributed by atoms with Crippen LogP contribution in [0.25, 0.3) is 0 Å². The normalized spacial score (nSPS) is 11.2. The molecule has 1 rings (SSSR count). The molecule has 0 aliphatic rings. The molecule has 0 atom stereocenters. The Labute approximate surface area is 108 Å². The van der Waals surface area contributed by atoms with E-state index in [9.17, 15) is 13.2 Å². The van der Waals surface area contributed by atoms with Crippen molar-refractivity contribution < 1.29 is 13.2 Å². The second kappa shape index (κ2) is 6.51. The Balaban J connectivity index is 2.86. The second-order valence-corrected chi connectivity index (χ2v) is 5.73. The van der Waals surface area contributed by atoms with Crippen molar-refractivity contribution in [2.45, 2.75) is 24.7 Å². The van der Waals surface area contributed by atoms with Gasteiger partial charge in [0.2, 0.25) is 10.0 Å². The first-order chi connectivity index (χ1) is 8.51. The van der Waals surface area contributed by atoms with Gasteiger partial charge in [-0.05, 0) is 31.7 Å². The van der Waals surface area contributed by atoms with Gasteiger partial charge in [-0.15, -0.1) is 0 Å². The lowest BCUT2D eigenvalue weighted by Crippen LogP contribution is -2.25. The van der Waals surface area contributed by atoms with Crippen LogP contribution in [0.15, 0.2) is 29.2 Å². The van der Waals surface area contributed by atoms with Gasteiger partial charge in [0.1, 0.15) is 0 Å². The van der Waals surface area contributed by atoms with E-state index in [4.69, 9.17) is 0 Å². The maximum atomic E-state index is 11.8. The van der Waals surface area contributed by atoms with Crippen molar-refractivity contribution in [2.75, 3.05) is 13.6 Å². The zero-order chi connectivity index (χ0) is 13.6. The van der Waals surface area contributed by atoms with Gasteiger partial charge in [-0.2, -0.15) is 0 Å². The SMILES string of the molecule is CCCCNC(=O)c1cccc(S(=O)(=O)NC)c1. The van der Waals surface area contributed by atoms with Gasteiger partial charge < -0.3 is 5.32 Å². The number of sulfonamides is 1. The van der Waals surface area contributed by atoms with E-state index in [0.717, 1.165) is 12.8 Å². The molecule has 100 valence electrons. The van der Waals surface area contributed by atoms with Crippen LogP contribution in [0.3, 0.4) is 0 Å². The first-order valence-corrected chi connectivity index (χ1v) is 7.31. The molecule has 0 aromatic heterocycles.